The van der Waals surface area contributed by atoms with Crippen LogP contribution in [0, 0.1) is 0 Å². The average Bonchev–Trinajstić information content (AvgIpc) is 2.45. The molecule has 1 fully saturated rings. The molecule has 16 heavy (non-hydrogen) atoms. The number of aromatic nitrogens is 2. The molecule has 2 N–H and O–H groups in total. The third-order valence-electron chi connectivity index (χ3n) is 2.95. The maximum atomic E-state index is 13.3. The van der Waals surface area contributed by atoms with Gasteiger partial charge >= 0.3 is 0 Å². The molecule has 1 saturated carbocycles. The van der Waals surface area contributed by atoms with E-state index in [0.717, 1.165) is 6.92 Å². The standard InChI is InChI=1S/C10H15F2N3O/c1-10(11,12)8-5-9(13)14-15(8)6-3-7(4-6)16-2/h5-7H,3-4H2,1-2H3,(H2,13,14)/t6-,7-. The Morgan fingerprint density at radius 1 is 1.56 bits per heavy atom. The van der Waals surface area contributed by atoms with Crippen molar-refractivity contribution in [1.29, 1.82) is 0 Å². The maximum absolute atomic E-state index is 13.3. The minimum Gasteiger partial charge on any atom is -0.382 e. The minimum absolute atomic E-state index is 0.0249. The summed E-state index contributed by atoms with van der Waals surface area (Å²) >= 11 is 0. The van der Waals surface area contributed by atoms with Crippen LogP contribution in [0.2, 0.25) is 0 Å². The van der Waals surface area contributed by atoms with E-state index in [1.807, 2.05) is 0 Å². The fraction of sp³-hybridized carbons (Fsp3) is 0.700. The van der Waals surface area contributed by atoms with E-state index in [1.165, 1.54) is 10.7 Å². The van der Waals surface area contributed by atoms with Gasteiger partial charge in [-0.2, -0.15) is 13.9 Å². The van der Waals surface area contributed by atoms with Crippen LogP contribution >= 0.6 is 0 Å². The smallest absolute Gasteiger partial charge is 0.286 e. The molecular formula is C10H15F2N3O. The third kappa shape index (κ3) is 1.89. The predicted molar refractivity (Wildman–Crippen MR) is 55.3 cm³/mol. The van der Waals surface area contributed by atoms with Crippen LogP contribution in [0.3, 0.4) is 0 Å². The second-order valence-electron chi connectivity index (χ2n) is 4.27. The van der Waals surface area contributed by atoms with Gasteiger partial charge in [-0.3, -0.25) is 4.68 Å². The predicted octanol–water partition coefficient (Wildman–Crippen LogP) is 1.93. The number of alkyl halides is 2. The van der Waals surface area contributed by atoms with Crippen LogP contribution in [-0.2, 0) is 10.7 Å². The summed E-state index contributed by atoms with van der Waals surface area (Å²) in [6.45, 7) is 0.854. The highest BCUT2D eigenvalue weighted by atomic mass is 19.3. The molecule has 1 aromatic rings. The Balaban J connectivity index is 2.22. The fourth-order valence-corrected chi connectivity index (χ4v) is 1.95. The van der Waals surface area contributed by atoms with Gasteiger partial charge in [0.1, 0.15) is 11.5 Å². The summed E-state index contributed by atoms with van der Waals surface area (Å²) in [5.41, 5.74) is 5.34. The lowest BCUT2D eigenvalue weighted by atomic mass is 9.89. The first-order valence-electron chi connectivity index (χ1n) is 5.18. The fourth-order valence-electron chi connectivity index (χ4n) is 1.95. The van der Waals surface area contributed by atoms with Gasteiger partial charge < -0.3 is 10.5 Å². The first kappa shape index (κ1) is 11.3. The largest absolute Gasteiger partial charge is 0.382 e. The Labute approximate surface area is 92.4 Å². The van der Waals surface area contributed by atoms with Crippen LogP contribution in [0.5, 0.6) is 0 Å². The molecule has 0 bridgehead atoms. The van der Waals surface area contributed by atoms with E-state index in [0.29, 0.717) is 12.8 Å². The highest BCUT2D eigenvalue weighted by Gasteiger charge is 2.37. The van der Waals surface area contributed by atoms with E-state index in [9.17, 15) is 8.78 Å². The minimum atomic E-state index is -2.91. The van der Waals surface area contributed by atoms with Crippen molar-refractivity contribution in [2.24, 2.45) is 0 Å². The van der Waals surface area contributed by atoms with E-state index in [4.69, 9.17) is 10.5 Å². The highest BCUT2D eigenvalue weighted by molar-refractivity contribution is 5.32. The van der Waals surface area contributed by atoms with Crippen LogP contribution in [0.25, 0.3) is 0 Å². The number of nitrogens with zero attached hydrogens (tertiary/aromatic N) is 2. The first-order chi connectivity index (χ1) is 7.41. The molecule has 0 saturated heterocycles. The lowest BCUT2D eigenvalue weighted by molar-refractivity contribution is -0.0202. The number of methoxy groups -OCH3 is 1. The van der Waals surface area contributed by atoms with Crippen molar-refractivity contribution < 1.29 is 13.5 Å². The van der Waals surface area contributed by atoms with Crippen LogP contribution in [0.15, 0.2) is 6.07 Å². The number of nitrogens with two attached hydrogens (primary N) is 1. The molecule has 0 amide bonds. The zero-order chi connectivity index (χ0) is 11.9. The topological polar surface area (TPSA) is 53.1 Å². The van der Waals surface area contributed by atoms with E-state index in [-0.39, 0.29) is 23.7 Å². The highest BCUT2D eigenvalue weighted by Crippen LogP contribution is 2.38. The van der Waals surface area contributed by atoms with E-state index >= 15 is 0 Å². The van der Waals surface area contributed by atoms with Gasteiger partial charge in [0.05, 0.1) is 12.1 Å². The monoisotopic (exact) mass is 231 g/mol. The molecule has 0 aliphatic heterocycles. The van der Waals surface area contributed by atoms with Gasteiger partial charge in [-0.15, -0.1) is 0 Å². The second kappa shape index (κ2) is 3.69. The Bertz CT molecular complexity index is 380. The van der Waals surface area contributed by atoms with Gasteiger partial charge in [0.25, 0.3) is 5.92 Å². The quantitative estimate of drug-likeness (QED) is 0.864. The molecule has 0 spiro atoms. The zero-order valence-electron chi connectivity index (χ0n) is 9.28. The van der Waals surface area contributed by atoms with Gasteiger partial charge in [-0.25, -0.2) is 0 Å². The summed E-state index contributed by atoms with van der Waals surface area (Å²) in [5.74, 6) is -2.78. The Kier molecular flexibility index (Phi) is 2.61. The van der Waals surface area contributed by atoms with Gasteiger partial charge in [0.2, 0.25) is 0 Å². The molecular weight excluding hydrogens is 216 g/mol. The Morgan fingerprint density at radius 3 is 2.69 bits per heavy atom. The van der Waals surface area contributed by atoms with Crippen molar-refractivity contribution in [3.05, 3.63) is 11.8 Å². The summed E-state index contributed by atoms with van der Waals surface area (Å²) in [6, 6.07) is 1.21. The van der Waals surface area contributed by atoms with Crippen molar-refractivity contribution in [2.75, 3.05) is 12.8 Å². The second-order valence-corrected chi connectivity index (χ2v) is 4.27. The molecule has 0 unspecified atom stereocenters. The molecule has 0 atom stereocenters. The van der Waals surface area contributed by atoms with E-state index in [1.54, 1.807) is 7.11 Å². The Hall–Kier alpha value is -1.17. The van der Waals surface area contributed by atoms with Crippen molar-refractivity contribution in [2.45, 2.75) is 37.8 Å². The van der Waals surface area contributed by atoms with Crippen molar-refractivity contribution in [1.82, 2.24) is 9.78 Å². The lowest BCUT2D eigenvalue weighted by Crippen LogP contribution is -2.35. The van der Waals surface area contributed by atoms with Gasteiger partial charge in [0.15, 0.2) is 0 Å². The number of rotatable bonds is 3. The molecule has 1 aromatic heterocycles. The molecule has 2 rings (SSSR count). The zero-order valence-corrected chi connectivity index (χ0v) is 9.28. The normalized spacial score (nSPS) is 25.5. The lowest BCUT2D eigenvalue weighted by Gasteiger charge is -2.35. The number of hydrogen-bond donors (Lipinski definition) is 1. The molecule has 1 heterocycles. The van der Waals surface area contributed by atoms with Crippen LogP contribution in [0.1, 0.15) is 31.5 Å². The summed E-state index contributed by atoms with van der Waals surface area (Å²) in [4.78, 5) is 0. The molecule has 90 valence electrons. The molecule has 0 aromatic carbocycles. The van der Waals surface area contributed by atoms with Gasteiger partial charge in [-0.05, 0) is 12.8 Å². The molecule has 4 nitrogen and oxygen atoms in total. The third-order valence-corrected chi connectivity index (χ3v) is 2.95. The number of ether oxygens (including phenoxy) is 1. The summed E-state index contributed by atoms with van der Waals surface area (Å²) in [6.07, 6.45) is 1.57. The maximum Gasteiger partial charge on any atom is 0.286 e. The molecule has 1 aliphatic carbocycles. The number of anilines is 1. The summed E-state index contributed by atoms with van der Waals surface area (Å²) in [5, 5.41) is 3.93. The van der Waals surface area contributed by atoms with E-state index in [2.05, 4.69) is 5.10 Å². The van der Waals surface area contributed by atoms with Crippen molar-refractivity contribution in [3.8, 4) is 0 Å². The van der Waals surface area contributed by atoms with Crippen molar-refractivity contribution >= 4 is 5.82 Å². The number of nitrogen functional groups attached to an aromatic ring is 1. The van der Waals surface area contributed by atoms with Gasteiger partial charge in [0, 0.05) is 20.1 Å². The van der Waals surface area contributed by atoms with Gasteiger partial charge in [-0.1, -0.05) is 0 Å². The first-order valence-corrected chi connectivity index (χ1v) is 5.18. The van der Waals surface area contributed by atoms with Crippen LogP contribution in [0.4, 0.5) is 14.6 Å². The SMILES string of the molecule is CO[C@H]1C[C@H](n2nc(N)cc2C(C)(F)F)C1. The number of halogens is 2. The van der Waals surface area contributed by atoms with E-state index < -0.39 is 5.92 Å². The average molecular weight is 231 g/mol. The molecule has 0 radical (unpaired) electrons. The van der Waals surface area contributed by atoms with Crippen molar-refractivity contribution in [3.63, 3.8) is 0 Å². The Morgan fingerprint density at radius 2 is 2.19 bits per heavy atom. The summed E-state index contributed by atoms with van der Waals surface area (Å²) in [7, 11) is 1.62. The summed E-state index contributed by atoms with van der Waals surface area (Å²) < 4.78 is 33.0. The van der Waals surface area contributed by atoms with Crippen LogP contribution in [-0.4, -0.2) is 23.0 Å². The van der Waals surface area contributed by atoms with Crippen LogP contribution < -0.4 is 5.73 Å². The molecule has 6 heteroatoms. The molecule has 1 aliphatic rings. The number of hydrogen-bond acceptors (Lipinski definition) is 3.